The summed E-state index contributed by atoms with van der Waals surface area (Å²) in [6.45, 7) is 1.47. The number of rotatable bonds is 3. The van der Waals surface area contributed by atoms with E-state index in [0.29, 0.717) is 11.3 Å². The van der Waals surface area contributed by atoms with Crippen LogP contribution in [0.15, 0.2) is 18.2 Å². The standard InChI is InChI=1S/C11H10ClFO2S/c1-7(14)16-4-2-3-8-5-9(12)6-10(13)11(8)15/h2-3,5-6,15H,4H2,1H3. The number of phenolic OH excluding ortho intramolecular Hbond substituents is 1. The Morgan fingerprint density at radius 3 is 2.94 bits per heavy atom. The van der Waals surface area contributed by atoms with Crippen molar-refractivity contribution in [2.45, 2.75) is 6.92 Å². The molecule has 0 aliphatic rings. The average Bonchev–Trinajstić information content (AvgIpc) is 2.19. The first-order chi connectivity index (χ1) is 7.50. The highest BCUT2D eigenvalue weighted by molar-refractivity contribution is 8.13. The third kappa shape index (κ3) is 3.87. The highest BCUT2D eigenvalue weighted by Gasteiger charge is 2.06. The molecular weight excluding hydrogens is 251 g/mol. The molecule has 0 saturated carbocycles. The summed E-state index contributed by atoms with van der Waals surface area (Å²) in [7, 11) is 0. The van der Waals surface area contributed by atoms with Crippen LogP contribution in [0.2, 0.25) is 5.02 Å². The highest BCUT2D eigenvalue weighted by Crippen LogP contribution is 2.26. The number of thioether (sulfide) groups is 1. The zero-order valence-electron chi connectivity index (χ0n) is 8.54. The molecule has 0 unspecified atom stereocenters. The minimum atomic E-state index is -0.758. The van der Waals surface area contributed by atoms with E-state index < -0.39 is 11.6 Å². The number of carbonyl (C=O) groups is 1. The highest BCUT2D eigenvalue weighted by atomic mass is 35.5. The summed E-state index contributed by atoms with van der Waals surface area (Å²) in [6, 6.07) is 2.49. The number of aromatic hydroxyl groups is 1. The Kier molecular flexibility index (Phi) is 4.83. The second-order valence-electron chi connectivity index (χ2n) is 3.03. The Labute approximate surface area is 102 Å². The molecule has 0 atom stereocenters. The van der Waals surface area contributed by atoms with Crippen molar-refractivity contribution in [3.8, 4) is 5.75 Å². The summed E-state index contributed by atoms with van der Waals surface area (Å²) >= 11 is 6.77. The molecule has 1 aromatic rings. The number of hydrogen-bond donors (Lipinski definition) is 1. The maximum atomic E-state index is 13.0. The van der Waals surface area contributed by atoms with Crippen molar-refractivity contribution in [3.05, 3.63) is 34.6 Å². The topological polar surface area (TPSA) is 37.3 Å². The van der Waals surface area contributed by atoms with Gasteiger partial charge in [-0.15, -0.1) is 0 Å². The van der Waals surface area contributed by atoms with Crippen LogP contribution in [0.3, 0.4) is 0 Å². The van der Waals surface area contributed by atoms with Crippen LogP contribution in [0.4, 0.5) is 4.39 Å². The number of hydrogen-bond acceptors (Lipinski definition) is 3. The van der Waals surface area contributed by atoms with Crippen molar-refractivity contribution >= 4 is 34.6 Å². The molecule has 0 aromatic heterocycles. The molecule has 86 valence electrons. The SMILES string of the molecule is CC(=O)SCC=Cc1cc(Cl)cc(F)c1O. The molecule has 0 aliphatic heterocycles. The van der Waals surface area contributed by atoms with Gasteiger partial charge in [0.2, 0.25) is 0 Å². The Morgan fingerprint density at radius 2 is 2.31 bits per heavy atom. The number of phenols is 1. The van der Waals surface area contributed by atoms with Crippen LogP contribution in [0.1, 0.15) is 12.5 Å². The van der Waals surface area contributed by atoms with Gasteiger partial charge in [-0.2, -0.15) is 0 Å². The van der Waals surface area contributed by atoms with Crippen molar-refractivity contribution in [1.82, 2.24) is 0 Å². The van der Waals surface area contributed by atoms with Gasteiger partial charge in [-0.3, -0.25) is 4.79 Å². The van der Waals surface area contributed by atoms with Gasteiger partial charge in [0.15, 0.2) is 16.7 Å². The molecule has 16 heavy (non-hydrogen) atoms. The molecule has 1 N–H and O–H groups in total. The van der Waals surface area contributed by atoms with Crippen LogP contribution in [-0.4, -0.2) is 16.0 Å². The molecular formula is C11H10ClFO2S. The minimum Gasteiger partial charge on any atom is -0.504 e. The summed E-state index contributed by atoms with van der Waals surface area (Å²) in [4.78, 5) is 10.6. The molecule has 0 aliphatic carbocycles. The smallest absolute Gasteiger partial charge is 0.186 e. The molecule has 2 nitrogen and oxygen atoms in total. The van der Waals surface area contributed by atoms with Crippen molar-refractivity contribution in [2.75, 3.05) is 5.75 Å². The first kappa shape index (κ1) is 13.1. The van der Waals surface area contributed by atoms with E-state index in [2.05, 4.69) is 0 Å². The van der Waals surface area contributed by atoms with Gasteiger partial charge in [-0.25, -0.2) is 4.39 Å². The number of carbonyl (C=O) groups excluding carboxylic acids is 1. The third-order valence-corrected chi connectivity index (χ3v) is 2.72. The maximum absolute atomic E-state index is 13.0. The second-order valence-corrected chi connectivity index (χ2v) is 4.66. The van der Waals surface area contributed by atoms with E-state index in [1.54, 1.807) is 6.08 Å². The van der Waals surface area contributed by atoms with E-state index in [9.17, 15) is 14.3 Å². The molecule has 0 bridgehead atoms. The molecule has 1 aromatic carbocycles. The van der Waals surface area contributed by atoms with E-state index in [0.717, 1.165) is 17.8 Å². The monoisotopic (exact) mass is 260 g/mol. The first-order valence-corrected chi connectivity index (χ1v) is 5.85. The van der Waals surface area contributed by atoms with E-state index >= 15 is 0 Å². The van der Waals surface area contributed by atoms with Crippen LogP contribution in [0.5, 0.6) is 5.75 Å². The molecule has 0 saturated heterocycles. The van der Waals surface area contributed by atoms with Crippen molar-refractivity contribution in [3.63, 3.8) is 0 Å². The first-order valence-electron chi connectivity index (χ1n) is 4.48. The lowest BCUT2D eigenvalue weighted by Gasteiger charge is -2.01. The lowest BCUT2D eigenvalue weighted by atomic mass is 10.2. The quantitative estimate of drug-likeness (QED) is 0.904. The van der Waals surface area contributed by atoms with Gasteiger partial charge < -0.3 is 5.11 Å². The van der Waals surface area contributed by atoms with Gasteiger partial charge in [-0.05, 0) is 12.1 Å². The average molecular weight is 261 g/mol. The van der Waals surface area contributed by atoms with Gasteiger partial charge in [0.25, 0.3) is 0 Å². The Bertz CT molecular complexity index is 432. The lowest BCUT2D eigenvalue weighted by Crippen LogP contribution is -1.84. The normalized spacial score (nSPS) is 10.9. The summed E-state index contributed by atoms with van der Waals surface area (Å²) in [5.41, 5.74) is 0.300. The molecule has 1 rings (SSSR count). The predicted octanol–water partition coefficient (Wildman–Crippen LogP) is 3.48. The molecule has 0 amide bonds. The van der Waals surface area contributed by atoms with Crippen LogP contribution >= 0.6 is 23.4 Å². The van der Waals surface area contributed by atoms with Gasteiger partial charge in [0.05, 0.1) is 0 Å². The maximum Gasteiger partial charge on any atom is 0.186 e. The lowest BCUT2D eigenvalue weighted by molar-refractivity contribution is -0.109. The van der Waals surface area contributed by atoms with Crippen LogP contribution in [0.25, 0.3) is 6.08 Å². The van der Waals surface area contributed by atoms with Gasteiger partial charge in [0.1, 0.15) is 0 Å². The Morgan fingerprint density at radius 1 is 1.62 bits per heavy atom. The summed E-state index contributed by atoms with van der Waals surface area (Å²) in [6.07, 6.45) is 3.19. The molecule has 5 heteroatoms. The number of benzene rings is 1. The van der Waals surface area contributed by atoms with Gasteiger partial charge >= 0.3 is 0 Å². The summed E-state index contributed by atoms with van der Waals surface area (Å²) in [5, 5.41) is 9.59. The minimum absolute atomic E-state index is 0.00569. The summed E-state index contributed by atoms with van der Waals surface area (Å²) in [5.74, 6) is -0.719. The van der Waals surface area contributed by atoms with Crippen molar-refractivity contribution < 1.29 is 14.3 Å². The van der Waals surface area contributed by atoms with E-state index in [4.69, 9.17) is 11.6 Å². The fraction of sp³-hybridized carbons (Fsp3) is 0.182. The largest absolute Gasteiger partial charge is 0.504 e. The molecule has 0 heterocycles. The fourth-order valence-electron chi connectivity index (χ4n) is 1.05. The van der Waals surface area contributed by atoms with Crippen LogP contribution in [0, 0.1) is 5.82 Å². The number of halogens is 2. The Balaban J connectivity index is 2.77. The van der Waals surface area contributed by atoms with Crippen molar-refractivity contribution in [1.29, 1.82) is 0 Å². The van der Waals surface area contributed by atoms with E-state index in [-0.39, 0.29) is 10.1 Å². The van der Waals surface area contributed by atoms with E-state index in [1.165, 1.54) is 19.1 Å². The molecule has 0 radical (unpaired) electrons. The van der Waals surface area contributed by atoms with Crippen molar-refractivity contribution in [2.24, 2.45) is 0 Å². The summed E-state index contributed by atoms with van der Waals surface area (Å²) < 4.78 is 13.0. The van der Waals surface area contributed by atoms with Crippen LogP contribution in [-0.2, 0) is 4.79 Å². The molecule has 0 fully saturated rings. The predicted molar refractivity (Wildman–Crippen MR) is 65.2 cm³/mol. The fourth-order valence-corrected chi connectivity index (χ4v) is 1.69. The zero-order valence-corrected chi connectivity index (χ0v) is 10.1. The molecule has 0 spiro atoms. The van der Waals surface area contributed by atoms with Gasteiger partial charge in [0, 0.05) is 23.3 Å². The van der Waals surface area contributed by atoms with Gasteiger partial charge in [-0.1, -0.05) is 35.5 Å². The van der Waals surface area contributed by atoms with Crippen LogP contribution < -0.4 is 0 Å². The second kappa shape index (κ2) is 5.92. The third-order valence-electron chi connectivity index (χ3n) is 1.74. The zero-order chi connectivity index (χ0) is 12.1. The van der Waals surface area contributed by atoms with E-state index in [1.807, 2.05) is 0 Å². The Hall–Kier alpha value is -1.00.